The highest BCUT2D eigenvalue weighted by atomic mass is 16.5. The molecule has 0 amide bonds. The molecule has 1 aromatic carbocycles. The summed E-state index contributed by atoms with van der Waals surface area (Å²) in [4.78, 5) is 0. The summed E-state index contributed by atoms with van der Waals surface area (Å²) in [6.07, 6.45) is 2.31. The van der Waals surface area contributed by atoms with Gasteiger partial charge in [-0.15, -0.1) is 0 Å². The van der Waals surface area contributed by atoms with Crippen molar-refractivity contribution in [3.05, 3.63) is 35.9 Å². The molecular weight excluding hydrogens is 246 g/mol. The molecule has 114 valence electrons. The van der Waals surface area contributed by atoms with Gasteiger partial charge in [0.2, 0.25) is 0 Å². The van der Waals surface area contributed by atoms with Gasteiger partial charge >= 0.3 is 0 Å². The molecule has 0 unspecified atom stereocenters. The lowest BCUT2D eigenvalue weighted by Crippen LogP contribution is -2.38. The molecule has 1 aromatic rings. The van der Waals surface area contributed by atoms with Crippen molar-refractivity contribution in [3.63, 3.8) is 0 Å². The standard InChI is InChI=1S/C18H31NO/c1-5-18(6-2,14-19-12-16(3)4)15-20-13-17-10-8-7-9-11-17/h7-11,16,19H,5-6,12-15H2,1-4H3. The van der Waals surface area contributed by atoms with Crippen molar-refractivity contribution < 1.29 is 4.74 Å². The normalized spacial score (nSPS) is 12.1. The van der Waals surface area contributed by atoms with Crippen LogP contribution < -0.4 is 5.32 Å². The summed E-state index contributed by atoms with van der Waals surface area (Å²) in [5.74, 6) is 0.701. The molecule has 0 heterocycles. The zero-order valence-electron chi connectivity index (χ0n) is 13.6. The van der Waals surface area contributed by atoms with Gasteiger partial charge in [-0.3, -0.25) is 0 Å². The second-order valence-corrected chi connectivity index (χ2v) is 6.21. The molecule has 0 bridgehead atoms. The average molecular weight is 277 g/mol. The molecule has 2 nitrogen and oxygen atoms in total. The first kappa shape index (κ1) is 17.2. The fraction of sp³-hybridized carbons (Fsp3) is 0.667. The Hall–Kier alpha value is -0.860. The molecule has 0 saturated heterocycles. The summed E-state index contributed by atoms with van der Waals surface area (Å²) in [7, 11) is 0. The fourth-order valence-corrected chi connectivity index (χ4v) is 2.34. The van der Waals surface area contributed by atoms with Gasteiger partial charge in [-0.25, -0.2) is 0 Å². The first-order valence-electron chi connectivity index (χ1n) is 7.94. The van der Waals surface area contributed by atoms with E-state index in [1.54, 1.807) is 0 Å². The van der Waals surface area contributed by atoms with E-state index in [1.165, 1.54) is 5.56 Å². The predicted molar refractivity (Wildman–Crippen MR) is 86.8 cm³/mol. The quantitative estimate of drug-likeness (QED) is 0.690. The van der Waals surface area contributed by atoms with Crippen LogP contribution in [0.1, 0.15) is 46.1 Å². The maximum atomic E-state index is 5.98. The van der Waals surface area contributed by atoms with Crippen LogP contribution >= 0.6 is 0 Å². The Labute approximate surface area is 124 Å². The van der Waals surface area contributed by atoms with Crippen LogP contribution in [-0.4, -0.2) is 19.7 Å². The van der Waals surface area contributed by atoms with Crippen molar-refractivity contribution in [1.82, 2.24) is 5.32 Å². The number of hydrogen-bond acceptors (Lipinski definition) is 2. The van der Waals surface area contributed by atoms with Gasteiger partial charge in [-0.2, -0.15) is 0 Å². The van der Waals surface area contributed by atoms with Crippen molar-refractivity contribution in [3.8, 4) is 0 Å². The van der Waals surface area contributed by atoms with Crippen molar-refractivity contribution in [2.45, 2.75) is 47.1 Å². The maximum absolute atomic E-state index is 5.98. The second-order valence-electron chi connectivity index (χ2n) is 6.21. The molecule has 0 radical (unpaired) electrons. The molecule has 0 atom stereocenters. The molecule has 1 rings (SSSR count). The van der Waals surface area contributed by atoms with E-state index in [9.17, 15) is 0 Å². The van der Waals surface area contributed by atoms with E-state index in [4.69, 9.17) is 4.74 Å². The van der Waals surface area contributed by atoms with E-state index in [0.717, 1.165) is 32.5 Å². The summed E-state index contributed by atoms with van der Waals surface area (Å²) >= 11 is 0. The Balaban J connectivity index is 2.41. The zero-order valence-corrected chi connectivity index (χ0v) is 13.6. The largest absolute Gasteiger partial charge is 0.376 e. The number of ether oxygens (including phenoxy) is 1. The summed E-state index contributed by atoms with van der Waals surface area (Å²) < 4.78 is 5.98. The number of rotatable bonds is 10. The molecule has 1 N–H and O–H groups in total. The van der Waals surface area contributed by atoms with Crippen LogP contribution in [0.15, 0.2) is 30.3 Å². The summed E-state index contributed by atoms with van der Waals surface area (Å²) in [5.41, 5.74) is 1.52. The third kappa shape index (κ3) is 6.06. The van der Waals surface area contributed by atoms with Crippen LogP contribution in [0, 0.1) is 11.3 Å². The lowest BCUT2D eigenvalue weighted by Gasteiger charge is -2.32. The highest BCUT2D eigenvalue weighted by molar-refractivity contribution is 5.13. The average Bonchev–Trinajstić information content (AvgIpc) is 2.46. The molecule has 0 aliphatic rings. The molecule has 0 fully saturated rings. The Morgan fingerprint density at radius 1 is 1.10 bits per heavy atom. The smallest absolute Gasteiger partial charge is 0.0717 e. The van der Waals surface area contributed by atoms with Crippen molar-refractivity contribution in [1.29, 1.82) is 0 Å². The lowest BCUT2D eigenvalue weighted by molar-refractivity contribution is 0.0277. The molecule has 2 heteroatoms. The van der Waals surface area contributed by atoms with E-state index >= 15 is 0 Å². The SMILES string of the molecule is CCC(CC)(CNCC(C)C)COCc1ccccc1. The molecule has 20 heavy (non-hydrogen) atoms. The number of hydrogen-bond donors (Lipinski definition) is 1. The van der Waals surface area contributed by atoms with E-state index in [0.29, 0.717) is 12.5 Å². The van der Waals surface area contributed by atoms with Gasteiger partial charge < -0.3 is 10.1 Å². The minimum Gasteiger partial charge on any atom is -0.376 e. The number of nitrogens with one attached hydrogen (secondary N) is 1. The van der Waals surface area contributed by atoms with Gasteiger partial charge in [0.25, 0.3) is 0 Å². The predicted octanol–water partition coefficient (Wildman–Crippen LogP) is 4.26. The summed E-state index contributed by atoms with van der Waals surface area (Å²) in [6.45, 7) is 12.7. The summed E-state index contributed by atoms with van der Waals surface area (Å²) in [6, 6.07) is 10.4. The molecule has 0 aromatic heterocycles. The van der Waals surface area contributed by atoms with Gasteiger partial charge in [0.1, 0.15) is 0 Å². The van der Waals surface area contributed by atoms with Gasteiger partial charge in [0.05, 0.1) is 13.2 Å². The minimum atomic E-state index is 0.268. The van der Waals surface area contributed by atoms with Crippen LogP contribution in [0.5, 0.6) is 0 Å². The van der Waals surface area contributed by atoms with Crippen LogP contribution in [-0.2, 0) is 11.3 Å². The molecule has 0 spiro atoms. The molecule has 0 aliphatic carbocycles. The highest BCUT2D eigenvalue weighted by Crippen LogP contribution is 2.26. The third-order valence-corrected chi connectivity index (χ3v) is 4.07. The number of benzene rings is 1. The van der Waals surface area contributed by atoms with Gasteiger partial charge in [-0.05, 0) is 30.9 Å². The van der Waals surface area contributed by atoms with Crippen LogP contribution in [0.2, 0.25) is 0 Å². The first-order valence-corrected chi connectivity index (χ1v) is 7.94. The van der Waals surface area contributed by atoms with Crippen LogP contribution in [0.3, 0.4) is 0 Å². The zero-order chi connectivity index (χ0) is 14.8. The second kappa shape index (κ2) is 9.15. The Morgan fingerprint density at radius 3 is 2.30 bits per heavy atom. The Bertz CT molecular complexity index is 344. The fourth-order valence-electron chi connectivity index (χ4n) is 2.34. The van der Waals surface area contributed by atoms with Crippen molar-refractivity contribution in [2.75, 3.05) is 19.7 Å². The van der Waals surface area contributed by atoms with E-state index < -0.39 is 0 Å². The van der Waals surface area contributed by atoms with Crippen LogP contribution in [0.25, 0.3) is 0 Å². The Kier molecular flexibility index (Phi) is 7.86. The monoisotopic (exact) mass is 277 g/mol. The Morgan fingerprint density at radius 2 is 1.75 bits per heavy atom. The minimum absolute atomic E-state index is 0.268. The maximum Gasteiger partial charge on any atom is 0.0717 e. The summed E-state index contributed by atoms with van der Waals surface area (Å²) in [5, 5.41) is 3.60. The van der Waals surface area contributed by atoms with Crippen LogP contribution in [0.4, 0.5) is 0 Å². The van der Waals surface area contributed by atoms with Gasteiger partial charge in [0.15, 0.2) is 0 Å². The van der Waals surface area contributed by atoms with E-state index in [2.05, 4.69) is 57.3 Å². The highest BCUT2D eigenvalue weighted by Gasteiger charge is 2.26. The topological polar surface area (TPSA) is 21.3 Å². The molecular formula is C18H31NO. The van der Waals surface area contributed by atoms with Crippen molar-refractivity contribution in [2.24, 2.45) is 11.3 Å². The van der Waals surface area contributed by atoms with Gasteiger partial charge in [-0.1, -0.05) is 58.0 Å². The third-order valence-electron chi connectivity index (χ3n) is 4.07. The van der Waals surface area contributed by atoms with Crippen molar-refractivity contribution >= 4 is 0 Å². The molecule has 0 aliphatic heterocycles. The molecule has 0 saturated carbocycles. The van der Waals surface area contributed by atoms with Gasteiger partial charge in [0, 0.05) is 12.0 Å². The first-order chi connectivity index (χ1) is 9.62. The van der Waals surface area contributed by atoms with E-state index in [1.807, 2.05) is 6.07 Å². The van der Waals surface area contributed by atoms with E-state index in [-0.39, 0.29) is 5.41 Å². The lowest BCUT2D eigenvalue weighted by atomic mass is 9.83.